The van der Waals surface area contributed by atoms with E-state index in [-0.39, 0.29) is 19.8 Å². The molecule has 0 aromatic carbocycles. The van der Waals surface area contributed by atoms with Gasteiger partial charge in [0.15, 0.2) is 0 Å². The molecule has 0 bridgehead atoms. The summed E-state index contributed by atoms with van der Waals surface area (Å²) in [6, 6.07) is 0. The van der Waals surface area contributed by atoms with Crippen LogP contribution in [0, 0.1) is 0 Å². The highest BCUT2D eigenvalue weighted by Crippen LogP contribution is 2.04. The molecule has 0 radical (unpaired) electrons. The predicted molar refractivity (Wildman–Crippen MR) is 82.8 cm³/mol. The van der Waals surface area contributed by atoms with E-state index in [0.29, 0.717) is 0 Å². The first-order valence-corrected chi connectivity index (χ1v) is 8.60. The first-order valence-electron chi connectivity index (χ1n) is 7.27. The molecule has 0 aromatic rings. The lowest BCUT2D eigenvalue weighted by Gasteiger charge is -2.17. The van der Waals surface area contributed by atoms with Crippen LogP contribution in [-0.4, -0.2) is 65.4 Å². The second kappa shape index (κ2) is 12.7. The predicted octanol–water partition coefficient (Wildman–Crippen LogP) is 1.32. The molecule has 0 fully saturated rings. The Kier molecular flexibility index (Phi) is 12.2. The van der Waals surface area contributed by atoms with E-state index in [4.69, 9.17) is 0 Å². The summed E-state index contributed by atoms with van der Waals surface area (Å²) in [6.45, 7) is 6.32. The lowest BCUT2D eigenvalue weighted by molar-refractivity contribution is -0.216. The summed E-state index contributed by atoms with van der Waals surface area (Å²) < 4.78 is 33.9. The maximum atomic E-state index is 10.6. The monoisotopic (exact) mass is 340 g/mol. The summed E-state index contributed by atoms with van der Waals surface area (Å²) in [5, 5.41) is 0. The molecule has 0 amide bonds. The Labute approximate surface area is 133 Å². The number of hydrogen-bond donors (Lipinski definition) is 0. The van der Waals surface area contributed by atoms with Gasteiger partial charge in [0, 0.05) is 33.1 Å². The smallest absolute Gasteiger partial charge is 0.382 e. The summed E-state index contributed by atoms with van der Waals surface area (Å²) >= 11 is 0. The average Bonchev–Trinajstić information content (AvgIpc) is 2.88. The third-order valence-corrected chi connectivity index (χ3v) is 3.29. The van der Waals surface area contributed by atoms with Gasteiger partial charge in [-0.2, -0.15) is 8.42 Å². The zero-order valence-corrected chi connectivity index (χ0v) is 14.7. The van der Waals surface area contributed by atoms with Crippen LogP contribution in [-0.2, 0) is 28.5 Å². The van der Waals surface area contributed by atoms with E-state index in [9.17, 15) is 8.42 Å². The fraction of sp³-hybridized carbons (Fsp3) is 0.846. The van der Waals surface area contributed by atoms with Crippen molar-refractivity contribution < 1.29 is 26.6 Å². The van der Waals surface area contributed by atoms with E-state index in [1.807, 2.05) is 0 Å². The standard InChI is InChI=1S/C8H16N2.C5H12O6S/c1-3-4-5-10-7-6-9(2)8-10;1-3-10-12(6,7)11-9-5-4-8-2/h6-7H,3-5,8H2,1-2H3;3-5H2,1-2H3. The van der Waals surface area contributed by atoms with E-state index in [0.717, 1.165) is 6.67 Å². The van der Waals surface area contributed by atoms with Crippen molar-refractivity contribution in [3.05, 3.63) is 12.4 Å². The largest absolute Gasteiger partial charge is 0.426 e. The van der Waals surface area contributed by atoms with Crippen molar-refractivity contribution in [1.82, 2.24) is 9.80 Å². The minimum atomic E-state index is -3.99. The summed E-state index contributed by atoms with van der Waals surface area (Å²) in [5.41, 5.74) is 0. The van der Waals surface area contributed by atoms with Crippen molar-refractivity contribution in [3.63, 3.8) is 0 Å². The van der Waals surface area contributed by atoms with Crippen LogP contribution >= 0.6 is 0 Å². The maximum Gasteiger partial charge on any atom is 0.426 e. The van der Waals surface area contributed by atoms with Crippen LogP contribution in [0.3, 0.4) is 0 Å². The third kappa shape index (κ3) is 11.8. The molecule has 0 aliphatic carbocycles. The quantitative estimate of drug-likeness (QED) is 0.335. The van der Waals surface area contributed by atoms with Crippen LogP contribution in [0.1, 0.15) is 26.7 Å². The van der Waals surface area contributed by atoms with E-state index in [1.165, 1.54) is 33.4 Å². The number of ether oxygens (including phenoxy) is 1. The Balaban J connectivity index is 0.000000406. The molecular formula is C13H28N2O6S. The van der Waals surface area contributed by atoms with Crippen molar-refractivity contribution in [2.24, 2.45) is 0 Å². The molecule has 0 spiro atoms. The van der Waals surface area contributed by atoms with Crippen molar-refractivity contribution in [2.75, 3.05) is 47.2 Å². The maximum absolute atomic E-state index is 10.6. The second-order valence-corrected chi connectivity index (χ2v) is 5.75. The number of hydrogen-bond acceptors (Lipinski definition) is 8. The SMILES string of the molecule is CCCCN1C=CN(C)C1.CCOS(=O)(=O)OOCCOC. The van der Waals surface area contributed by atoms with Crippen molar-refractivity contribution in [1.29, 1.82) is 0 Å². The Morgan fingerprint density at radius 1 is 1.18 bits per heavy atom. The molecule has 1 aliphatic rings. The van der Waals surface area contributed by atoms with Crippen LogP contribution in [0.2, 0.25) is 0 Å². The zero-order valence-electron chi connectivity index (χ0n) is 13.9. The fourth-order valence-corrected chi connectivity index (χ4v) is 1.98. The van der Waals surface area contributed by atoms with Crippen molar-refractivity contribution in [2.45, 2.75) is 26.7 Å². The molecule has 0 atom stereocenters. The van der Waals surface area contributed by atoms with E-state index >= 15 is 0 Å². The van der Waals surface area contributed by atoms with Gasteiger partial charge < -0.3 is 14.5 Å². The molecule has 0 N–H and O–H groups in total. The molecule has 1 aliphatic heterocycles. The fourth-order valence-electron chi connectivity index (χ4n) is 1.47. The molecule has 0 aromatic heterocycles. The van der Waals surface area contributed by atoms with Gasteiger partial charge in [-0.3, -0.25) is 0 Å². The first-order chi connectivity index (χ1) is 10.4. The molecule has 8 nitrogen and oxygen atoms in total. The molecule has 9 heteroatoms. The highest BCUT2D eigenvalue weighted by Gasteiger charge is 2.11. The van der Waals surface area contributed by atoms with Gasteiger partial charge in [-0.25, -0.2) is 9.07 Å². The molecule has 1 rings (SSSR count). The van der Waals surface area contributed by atoms with Crippen LogP contribution in [0.4, 0.5) is 0 Å². The van der Waals surface area contributed by atoms with E-state index in [2.05, 4.69) is 54.3 Å². The summed E-state index contributed by atoms with van der Waals surface area (Å²) in [5.74, 6) is 0. The minimum absolute atomic E-state index is 0.00989. The van der Waals surface area contributed by atoms with Gasteiger partial charge in [0.2, 0.25) is 0 Å². The van der Waals surface area contributed by atoms with Crippen LogP contribution in [0.15, 0.2) is 12.4 Å². The average molecular weight is 340 g/mol. The molecule has 132 valence electrons. The number of nitrogens with zero attached hydrogens (tertiary/aromatic N) is 2. The van der Waals surface area contributed by atoms with Gasteiger partial charge in [0.25, 0.3) is 0 Å². The topological polar surface area (TPSA) is 77.5 Å². The van der Waals surface area contributed by atoms with Gasteiger partial charge >= 0.3 is 10.4 Å². The van der Waals surface area contributed by atoms with Gasteiger partial charge in [0.1, 0.15) is 6.61 Å². The number of unbranched alkanes of at least 4 members (excludes halogenated alkanes) is 1. The van der Waals surface area contributed by atoms with Crippen LogP contribution in [0.25, 0.3) is 0 Å². The summed E-state index contributed by atoms with van der Waals surface area (Å²) in [4.78, 5) is 8.78. The Morgan fingerprint density at radius 3 is 2.41 bits per heavy atom. The number of methoxy groups -OCH3 is 1. The second-order valence-electron chi connectivity index (χ2n) is 4.56. The highest BCUT2D eigenvalue weighted by molar-refractivity contribution is 7.81. The summed E-state index contributed by atoms with van der Waals surface area (Å²) in [6.07, 6.45) is 6.87. The molecule has 0 saturated heterocycles. The highest BCUT2D eigenvalue weighted by atomic mass is 32.3. The zero-order chi connectivity index (χ0) is 16.8. The molecule has 1 heterocycles. The van der Waals surface area contributed by atoms with E-state index < -0.39 is 10.4 Å². The first kappa shape index (κ1) is 21.1. The molecule has 0 unspecified atom stereocenters. The van der Waals surface area contributed by atoms with Gasteiger partial charge in [0.05, 0.1) is 19.9 Å². The minimum Gasteiger partial charge on any atom is -0.382 e. The van der Waals surface area contributed by atoms with Gasteiger partial charge in [-0.1, -0.05) is 17.7 Å². The lowest BCUT2D eigenvalue weighted by Crippen LogP contribution is -2.23. The Bertz CT molecular complexity index is 388. The number of rotatable bonds is 10. The molecular weight excluding hydrogens is 312 g/mol. The lowest BCUT2D eigenvalue weighted by atomic mass is 10.3. The van der Waals surface area contributed by atoms with Gasteiger partial charge in [-0.05, 0) is 13.3 Å². The van der Waals surface area contributed by atoms with Gasteiger partial charge in [-0.15, -0.1) is 0 Å². The molecule has 22 heavy (non-hydrogen) atoms. The normalized spacial score (nSPS) is 14.2. The Morgan fingerprint density at radius 2 is 1.91 bits per heavy atom. The van der Waals surface area contributed by atoms with Crippen molar-refractivity contribution >= 4 is 10.4 Å². The van der Waals surface area contributed by atoms with Crippen molar-refractivity contribution in [3.8, 4) is 0 Å². The summed E-state index contributed by atoms with van der Waals surface area (Å²) in [7, 11) is -0.432. The third-order valence-electron chi connectivity index (χ3n) is 2.50. The molecule has 0 saturated carbocycles. The van der Waals surface area contributed by atoms with Crippen LogP contribution < -0.4 is 0 Å². The Hall–Kier alpha value is -0.870. The van der Waals surface area contributed by atoms with Crippen LogP contribution in [0.5, 0.6) is 0 Å². The van der Waals surface area contributed by atoms with E-state index in [1.54, 1.807) is 0 Å².